The lowest BCUT2D eigenvalue weighted by Gasteiger charge is -2.30. The average molecular weight is 463 g/mol. The first-order chi connectivity index (χ1) is 16.3. The first-order valence-electron chi connectivity index (χ1n) is 11.9. The number of hydrogen-bond acceptors (Lipinski definition) is 4. The number of ether oxygens (including phenoxy) is 2. The summed E-state index contributed by atoms with van der Waals surface area (Å²) in [5.41, 5.74) is 2.23. The minimum absolute atomic E-state index is 0.0358. The summed E-state index contributed by atoms with van der Waals surface area (Å²) in [6.07, 6.45) is 2.01. The van der Waals surface area contributed by atoms with Crippen molar-refractivity contribution in [2.24, 2.45) is 0 Å². The highest BCUT2D eigenvalue weighted by atomic mass is 16.5. The van der Waals surface area contributed by atoms with Gasteiger partial charge in [-0.2, -0.15) is 5.10 Å². The van der Waals surface area contributed by atoms with Gasteiger partial charge in [0, 0.05) is 18.7 Å². The fraction of sp³-hybridized carbons (Fsp3) is 0.407. The molecule has 1 fully saturated rings. The maximum absolute atomic E-state index is 13.3. The largest absolute Gasteiger partial charge is 0.439 e. The van der Waals surface area contributed by atoms with Gasteiger partial charge in [0.1, 0.15) is 5.75 Å². The van der Waals surface area contributed by atoms with Crippen LogP contribution in [0.4, 0.5) is 4.79 Å². The van der Waals surface area contributed by atoms with E-state index in [0.29, 0.717) is 24.7 Å². The van der Waals surface area contributed by atoms with Crippen LogP contribution >= 0.6 is 0 Å². The molecule has 2 amide bonds. The number of carbonyl (C=O) groups is 1. The van der Waals surface area contributed by atoms with E-state index >= 15 is 0 Å². The number of para-hydroxylation sites is 2. The van der Waals surface area contributed by atoms with Gasteiger partial charge in [0.15, 0.2) is 0 Å². The van der Waals surface area contributed by atoms with Crippen LogP contribution in [0.2, 0.25) is 0 Å². The van der Waals surface area contributed by atoms with Gasteiger partial charge in [0.25, 0.3) is 0 Å². The van der Waals surface area contributed by atoms with Gasteiger partial charge in [-0.3, -0.25) is 0 Å². The van der Waals surface area contributed by atoms with Crippen molar-refractivity contribution in [2.75, 3.05) is 13.2 Å². The van der Waals surface area contributed by atoms with E-state index < -0.39 is 0 Å². The second-order valence-corrected chi connectivity index (χ2v) is 9.73. The van der Waals surface area contributed by atoms with Gasteiger partial charge in [0.05, 0.1) is 29.6 Å². The van der Waals surface area contributed by atoms with Crippen LogP contribution < -0.4 is 10.1 Å². The summed E-state index contributed by atoms with van der Waals surface area (Å²) in [5.74, 6) is 1.32. The van der Waals surface area contributed by atoms with E-state index in [2.05, 4.69) is 5.32 Å². The van der Waals surface area contributed by atoms with E-state index in [1.54, 1.807) is 0 Å². The van der Waals surface area contributed by atoms with E-state index in [4.69, 9.17) is 14.6 Å². The first-order valence-corrected chi connectivity index (χ1v) is 11.9. The molecule has 0 saturated carbocycles. The summed E-state index contributed by atoms with van der Waals surface area (Å²) in [5, 5.41) is 7.90. The third-order valence-electron chi connectivity index (χ3n) is 5.66. The number of aryl methyl sites for hydroxylation is 1. The standard InChI is InChI=1S/C27H34N4O3/c1-20-24(19-30(18-23-16-11-17-33-23)26(32)28-27(2,3)4)25(34-22-14-9-6-10-15-22)31(29-20)21-12-7-5-8-13-21/h5-10,12-15,23H,11,16-19H2,1-4H3,(H,28,32). The molecule has 0 bridgehead atoms. The number of hydrogen-bond donors (Lipinski definition) is 1. The molecule has 1 saturated heterocycles. The molecule has 1 atom stereocenters. The van der Waals surface area contributed by atoms with E-state index in [1.165, 1.54) is 0 Å². The van der Waals surface area contributed by atoms with Crippen molar-refractivity contribution in [3.63, 3.8) is 0 Å². The minimum atomic E-state index is -0.349. The summed E-state index contributed by atoms with van der Waals surface area (Å²) in [6.45, 7) is 9.53. The molecule has 1 aromatic heterocycles. The van der Waals surface area contributed by atoms with E-state index in [0.717, 1.165) is 36.4 Å². The lowest BCUT2D eigenvalue weighted by atomic mass is 10.1. The van der Waals surface area contributed by atoms with Crippen molar-refractivity contribution in [3.8, 4) is 17.3 Å². The van der Waals surface area contributed by atoms with Crippen molar-refractivity contribution in [2.45, 2.75) is 58.7 Å². The number of aromatic nitrogens is 2. The predicted molar refractivity (Wildman–Crippen MR) is 132 cm³/mol. The number of rotatable bonds is 7. The zero-order valence-corrected chi connectivity index (χ0v) is 20.5. The number of benzene rings is 2. The Hall–Kier alpha value is -3.32. The molecule has 34 heavy (non-hydrogen) atoms. The molecule has 2 aromatic carbocycles. The molecule has 0 spiro atoms. The van der Waals surface area contributed by atoms with Crippen LogP contribution in [0.3, 0.4) is 0 Å². The molecule has 180 valence electrons. The Kier molecular flexibility index (Phi) is 7.22. The number of carbonyl (C=O) groups excluding carboxylic acids is 1. The molecule has 7 nitrogen and oxygen atoms in total. The zero-order valence-electron chi connectivity index (χ0n) is 20.5. The second-order valence-electron chi connectivity index (χ2n) is 9.73. The molecule has 4 rings (SSSR count). The number of amides is 2. The van der Waals surface area contributed by atoms with E-state index in [-0.39, 0.29) is 17.7 Å². The molecular weight excluding hydrogens is 428 g/mol. The van der Waals surface area contributed by atoms with Crippen LogP contribution in [0.15, 0.2) is 60.7 Å². The van der Waals surface area contributed by atoms with Crippen molar-refractivity contribution in [1.29, 1.82) is 0 Å². The van der Waals surface area contributed by atoms with Crippen molar-refractivity contribution >= 4 is 6.03 Å². The number of urea groups is 1. The Morgan fingerprint density at radius 1 is 1.15 bits per heavy atom. The molecule has 1 aliphatic heterocycles. The molecule has 1 aliphatic rings. The van der Waals surface area contributed by atoms with Gasteiger partial charge >= 0.3 is 6.03 Å². The van der Waals surface area contributed by atoms with Crippen LogP contribution in [-0.4, -0.2) is 45.5 Å². The lowest BCUT2D eigenvalue weighted by molar-refractivity contribution is 0.0779. The smallest absolute Gasteiger partial charge is 0.318 e. The monoisotopic (exact) mass is 462 g/mol. The molecule has 1 N–H and O–H groups in total. The lowest BCUT2D eigenvalue weighted by Crippen LogP contribution is -2.50. The molecular formula is C27H34N4O3. The van der Waals surface area contributed by atoms with Crippen LogP contribution in [0.25, 0.3) is 5.69 Å². The fourth-order valence-corrected chi connectivity index (χ4v) is 4.01. The molecule has 0 radical (unpaired) electrons. The van der Waals surface area contributed by atoms with Gasteiger partial charge in [0.2, 0.25) is 5.88 Å². The zero-order chi connectivity index (χ0) is 24.1. The highest BCUT2D eigenvalue weighted by Crippen LogP contribution is 2.32. The van der Waals surface area contributed by atoms with Crippen LogP contribution in [0, 0.1) is 6.92 Å². The van der Waals surface area contributed by atoms with E-state index in [1.807, 2.05) is 97.9 Å². The van der Waals surface area contributed by atoms with Gasteiger partial charge in [-0.25, -0.2) is 9.48 Å². The quantitative estimate of drug-likeness (QED) is 0.506. The highest BCUT2D eigenvalue weighted by molar-refractivity contribution is 5.75. The van der Waals surface area contributed by atoms with Crippen LogP contribution in [0.1, 0.15) is 44.9 Å². The van der Waals surface area contributed by atoms with Crippen molar-refractivity contribution in [3.05, 3.63) is 71.9 Å². The normalized spacial score (nSPS) is 15.8. The predicted octanol–water partition coefficient (Wildman–Crippen LogP) is 5.46. The van der Waals surface area contributed by atoms with Gasteiger partial charge in [-0.15, -0.1) is 0 Å². The summed E-state index contributed by atoms with van der Waals surface area (Å²) >= 11 is 0. The average Bonchev–Trinajstić information content (AvgIpc) is 3.42. The number of nitrogens with one attached hydrogen (secondary N) is 1. The van der Waals surface area contributed by atoms with Crippen LogP contribution in [-0.2, 0) is 11.3 Å². The molecule has 7 heteroatoms. The Morgan fingerprint density at radius 2 is 1.82 bits per heavy atom. The molecule has 0 aliphatic carbocycles. The summed E-state index contributed by atoms with van der Waals surface area (Å²) < 4.78 is 14.0. The Bertz CT molecular complexity index is 1080. The van der Waals surface area contributed by atoms with Crippen molar-refractivity contribution < 1.29 is 14.3 Å². The SMILES string of the molecule is Cc1nn(-c2ccccc2)c(Oc2ccccc2)c1CN(CC1CCCO1)C(=O)NC(C)(C)C. The van der Waals surface area contributed by atoms with Gasteiger partial charge in [-0.1, -0.05) is 36.4 Å². The number of nitrogens with zero attached hydrogens (tertiary/aromatic N) is 3. The van der Waals surface area contributed by atoms with Crippen molar-refractivity contribution in [1.82, 2.24) is 20.0 Å². The third kappa shape index (κ3) is 5.97. The first kappa shape index (κ1) is 23.8. The maximum atomic E-state index is 13.3. The molecule has 2 heterocycles. The minimum Gasteiger partial charge on any atom is -0.439 e. The molecule has 1 unspecified atom stereocenters. The van der Waals surface area contributed by atoms with Gasteiger partial charge in [-0.05, 0) is 64.8 Å². The summed E-state index contributed by atoms with van der Waals surface area (Å²) in [7, 11) is 0. The van der Waals surface area contributed by atoms with Crippen LogP contribution in [0.5, 0.6) is 11.6 Å². The Morgan fingerprint density at radius 3 is 2.44 bits per heavy atom. The Labute approximate surface area is 201 Å². The summed E-state index contributed by atoms with van der Waals surface area (Å²) in [6, 6.07) is 19.4. The molecule has 3 aromatic rings. The topological polar surface area (TPSA) is 68.6 Å². The van der Waals surface area contributed by atoms with E-state index in [9.17, 15) is 4.79 Å². The van der Waals surface area contributed by atoms with Gasteiger partial charge < -0.3 is 19.7 Å². The fourth-order valence-electron chi connectivity index (χ4n) is 4.01. The Balaban J connectivity index is 1.71. The second kappa shape index (κ2) is 10.3. The maximum Gasteiger partial charge on any atom is 0.318 e. The summed E-state index contributed by atoms with van der Waals surface area (Å²) in [4.78, 5) is 15.1. The highest BCUT2D eigenvalue weighted by Gasteiger charge is 2.28. The third-order valence-corrected chi connectivity index (χ3v) is 5.66.